The van der Waals surface area contributed by atoms with Crippen LogP contribution >= 0.6 is 12.2 Å². The van der Waals surface area contributed by atoms with Gasteiger partial charge in [0.15, 0.2) is 4.77 Å². The minimum Gasteiger partial charge on any atom is -0.331 e. The Labute approximate surface area is 117 Å². The van der Waals surface area contributed by atoms with Crippen molar-refractivity contribution in [2.24, 2.45) is 5.92 Å². The number of nitrogens with one attached hydrogen (secondary N) is 1. The third-order valence-corrected chi connectivity index (χ3v) is 4.32. The molecule has 19 heavy (non-hydrogen) atoms. The SMILES string of the molecule is CCN1CCC(Cn2c(=S)[nH]c3ccc(F)cc32)C1. The van der Waals surface area contributed by atoms with E-state index >= 15 is 0 Å². The molecule has 0 saturated carbocycles. The second-order valence-electron chi connectivity index (χ2n) is 5.25. The van der Waals surface area contributed by atoms with Gasteiger partial charge in [0.25, 0.3) is 0 Å². The molecular weight excluding hydrogens is 261 g/mol. The molecule has 0 aliphatic carbocycles. The molecule has 1 N–H and O–H groups in total. The highest BCUT2D eigenvalue weighted by Crippen LogP contribution is 2.22. The Morgan fingerprint density at radius 3 is 3.05 bits per heavy atom. The first kappa shape index (κ1) is 12.8. The molecule has 1 aromatic carbocycles. The van der Waals surface area contributed by atoms with Crippen molar-refractivity contribution in [1.82, 2.24) is 14.5 Å². The molecule has 1 atom stereocenters. The maximum absolute atomic E-state index is 13.4. The number of aromatic amines is 1. The summed E-state index contributed by atoms with van der Waals surface area (Å²) in [6.07, 6.45) is 1.19. The van der Waals surface area contributed by atoms with Gasteiger partial charge in [-0.25, -0.2) is 4.39 Å². The average Bonchev–Trinajstić information content (AvgIpc) is 2.96. The van der Waals surface area contributed by atoms with Gasteiger partial charge in [0.2, 0.25) is 0 Å². The predicted molar refractivity (Wildman–Crippen MR) is 77.3 cm³/mol. The minimum atomic E-state index is -0.211. The molecule has 1 unspecified atom stereocenters. The molecule has 0 amide bonds. The molecule has 1 aromatic heterocycles. The molecule has 0 spiro atoms. The normalized spacial score (nSPS) is 20.4. The lowest BCUT2D eigenvalue weighted by Gasteiger charge is -2.14. The number of hydrogen-bond acceptors (Lipinski definition) is 2. The summed E-state index contributed by atoms with van der Waals surface area (Å²) < 4.78 is 16.1. The van der Waals surface area contributed by atoms with Crippen molar-refractivity contribution in [3.8, 4) is 0 Å². The topological polar surface area (TPSA) is 24.0 Å². The molecule has 102 valence electrons. The van der Waals surface area contributed by atoms with Gasteiger partial charge in [-0.3, -0.25) is 0 Å². The summed E-state index contributed by atoms with van der Waals surface area (Å²) in [4.78, 5) is 5.60. The lowest BCUT2D eigenvalue weighted by Crippen LogP contribution is -2.21. The quantitative estimate of drug-likeness (QED) is 0.873. The van der Waals surface area contributed by atoms with Crippen LogP contribution in [0.15, 0.2) is 18.2 Å². The molecule has 1 aliphatic rings. The van der Waals surface area contributed by atoms with Crippen LogP contribution in [-0.2, 0) is 6.54 Å². The van der Waals surface area contributed by atoms with Crippen molar-refractivity contribution in [2.45, 2.75) is 19.9 Å². The van der Waals surface area contributed by atoms with Crippen molar-refractivity contribution in [1.29, 1.82) is 0 Å². The zero-order valence-electron chi connectivity index (χ0n) is 11.0. The summed E-state index contributed by atoms with van der Waals surface area (Å²) in [6.45, 7) is 6.43. The average molecular weight is 279 g/mol. The van der Waals surface area contributed by atoms with E-state index in [0.29, 0.717) is 10.7 Å². The Bertz CT molecular complexity index is 646. The summed E-state index contributed by atoms with van der Waals surface area (Å²) in [5.41, 5.74) is 1.79. The van der Waals surface area contributed by atoms with E-state index in [4.69, 9.17) is 12.2 Å². The van der Waals surface area contributed by atoms with E-state index in [9.17, 15) is 4.39 Å². The predicted octanol–water partition coefficient (Wildman–Crippen LogP) is 3.18. The smallest absolute Gasteiger partial charge is 0.178 e. The van der Waals surface area contributed by atoms with E-state index in [1.807, 2.05) is 4.57 Å². The number of aromatic nitrogens is 2. The number of hydrogen-bond donors (Lipinski definition) is 1. The van der Waals surface area contributed by atoms with Crippen molar-refractivity contribution < 1.29 is 4.39 Å². The lowest BCUT2D eigenvalue weighted by atomic mass is 10.1. The van der Waals surface area contributed by atoms with E-state index in [1.54, 1.807) is 12.1 Å². The number of imidazole rings is 1. The Kier molecular flexibility index (Phi) is 3.41. The molecule has 2 aromatic rings. The van der Waals surface area contributed by atoms with E-state index in [1.165, 1.54) is 12.5 Å². The number of nitrogens with zero attached hydrogens (tertiary/aromatic N) is 2. The first-order valence-electron chi connectivity index (χ1n) is 6.78. The van der Waals surface area contributed by atoms with Crippen LogP contribution in [0.3, 0.4) is 0 Å². The lowest BCUT2D eigenvalue weighted by molar-refractivity contribution is 0.333. The molecular formula is C14H18FN3S. The first-order chi connectivity index (χ1) is 9.17. The Balaban J connectivity index is 1.90. The molecule has 1 aliphatic heterocycles. The van der Waals surface area contributed by atoms with E-state index < -0.39 is 0 Å². The van der Waals surface area contributed by atoms with Crippen molar-refractivity contribution in [3.05, 3.63) is 28.8 Å². The maximum Gasteiger partial charge on any atom is 0.178 e. The Morgan fingerprint density at radius 1 is 1.47 bits per heavy atom. The highest BCUT2D eigenvalue weighted by Gasteiger charge is 2.22. The zero-order chi connectivity index (χ0) is 13.4. The maximum atomic E-state index is 13.4. The number of rotatable bonds is 3. The standard InChI is InChI=1S/C14H18FN3S/c1-2-17-6-5-10(8-17)9-18-13-7-11(15)3-4-12(13)16-14(18)19/h3-4,7,10H,2,5-6,8-9H2,1H3,(H,16,19). The van der Waals surface area contributed by atoms with Gasteiger partial charge in [0, 0.05) is 13.1 Å². The minimum absolute atomic E-state index is 0.211. The van der Waals surface area contributed by atoms with Crippen molar-refractivity contribution in [2.75, 3.05) is 19.6 Å². The van der Waals surface area contributed by atoms with Crippen LogP contribution < -0.4 is 0 Å². The Hall–Kier alpha value is -1.20. The number of fused-ring (bicyclic) bond motifs is 1. The fourth-order valence-corrected chi connectivity index (χ4v) is 3.20. The number of benzene rings is 1. The zero-order valence-corrected chi connectivity index (χ0v) is 11.8. The molecule has 3 rings (SSSR count). The van der Waals surface area contributed by atoms with Gasteiger partial charge in [0.05, 0.1) is 11.0 Å². The third-order valence-electron chi connectivity index (χ3n) is 4.00. The monoisotopic (exact) mass is 279 g/mol. The highest BCUT2D eigenvalue weighted by atomic mass is 32.1. The van der Waals surface area contributed by atoms with Gasteiger partial charge in [-0.2, -0.15) is 0 Å². The van der Waals surface area contributed by atoms with Crippen molar-refractivity contribution >= 4 is 23.3 Å². The summed E-state index contributed by atoms with van der Waals surface area (Å²) in [7, 11) is 0. The van der Waals surface area contributed by atoms with Crippen LogP contribution in [0.2, 0.25) is 0 Å². The van der Waals surface area contributed by atoms with Crippen LogP contribution in [0.4, 0.5) is 4.39 Å². The van der Waals surface area contributed by atoms with Crippen LogP contribution in [0, 0.1) is 16.5 Å². The van der Waals surface area contributed by atoms with Crippen LogP contribution in [0.5, 0.6) is 0 Å². The first-order valence-corrected chi connectivity index (χ1v) is 7.18. The molecule has 0 bridgehead atoms. The van der Waals surface area contributed by atoms with Gasteiger partial charge in [-0.15, -0.1) is 0 Å². The summed E-state index contributed by atoms with van der Waals surface area (Å²) in [5.74, 6) is 0.394. The second-order valence-corrected chi connectivity index (χ2v) is 5.64. The molecule has 5 heteroatoms. The number of likely N-dealkylation sites (tertiary alicyclic amines) is 1. The van der Waals surface area contributed by atoms with Crippen LogP contribution in [0.1, 0.15) is 13.3 Å². The fraction of sp³-hybridized carbons (Fsp3) is 0.500. The van der Waals surface area contributed by atoms with Gasteiger partial charge < -0.3 is 14.5 Å². The largest absolute Gasteiger partial charge is 0.331 e. The highest BCUT2D eigenvalue weighted by molar-refractivity contribution is 7.71. The third kappa shape index (κ3) is 2.44. The van der Waals surface area contributed by atoms with Gasteiger partial charge in [-0.05, 0) is 55.8 Å². The molecule has 3 nitrogen and oxygen atoms in total. The van der Waals surface area contributed by atoms with Gasteiger partial charge >= 0.3 is 0 Å². The molecule has 0 radical (unpaired) electrons. The number of H-pyrrole nitrogens is 1. The second kappa shape index (κ2) is 5.06. The fourth-order valence-electron chi connectivity index (χ4n) is 2.91. The molecule has 1 fully saturated rings. The van der Waals surface area contributed by atoms with E-state index in [2.05, 4.69) is 16.8 Å². The summed E-state index contributed by atoms with van der Waals surface area (Å²) in [6, 6.07) is 4.78. The molecule has 2 heterocycles. The number of halogens is 1. The van der Waals surface area contributed by atoms with Gasteiger partial charge in [-0.1, -0.05) is 6.92 Å². The van der Waals surface area contributed by atoms with E-state index in [0.717, 1.165) is 37.2 Å². The van der Waals surface area contributed by atoms with Crippen LogP contribution in [0.25, 0.3) is 11.0 Å². The van der Waals surface area contributed by atoms with Gasteiger partial charge in [0.1, 0.15) is 5.82 Å². The van der Waals surface area contributed by atoms with E-state index in [-0.39, 0.29) is 5.82 Å². The molecule has 1 saturated heterocycles. The van der Waals surface area contributed by atoms with Crippen LogP contribution in [-0.4, -0.2) is 34.1 Å². The Morgan fingerprint density at radius 2 is 2.32 bits per heavy atom. The van der Waals surface area contributed by atoms with Crippen molar-refractivity contribution in [3.63, 3.8) is 0 Å². The summed E-state index contributed by atoms with van der Waals surface area (Å²) >= 11 is 5.36. The summed E-state index contributed by atoms with van der Waals surface area (Å²) in [5, 5.41) is 0.